The van der Waals surface area contributed by atoms with E-state index in [2.05, 4.69) is 73.4 Å². The maximum atomic E-state index is 15.2. The fourth-order valence-corrected chi connectivity index (χ4v) is 14.2. The number of likely N-dealkylation sites (tertiary alicyclic amines) is 3. The van der Waals surface area contributed by atoms with Crippen molar-refractivity contribution < 1.29 is 86.9 Å². The van der Waals surface area contributed by atoms with Gasteiger partial charge in [0.15, 0.2) is 0 Å². The molecule has 15 amide bonds. The minimum absolute atomic E-state index is 0.0757. The molecule has 0 saturated carbocycles. The lowest BCUT2D eigenvalue weighted by molar-refractivity contribution is -0.148. The number of aromatic amines is 2. The van der Waals surface area contributed by atoms with Crippen molar-refractivity contribution in [2.45, 2.75) is 192 Å². The normalized spacial score (nSPS) is 17.9. The van der Waals surface area contributed by atoms with Gasteiger partial charge in [-0.25, -0.2) is 9.78 Å². The number of aliphatic carboxylic acids is 1. The number of aliphatic hydroxyl groups is 1. The van der Waals surface area contributed by atoms with Gasteiger partial charge in [0, 0.05) is 62.2 Å². The van der Waals surface area contributed by atoms with Gasteiger partial charge in [-0.15, -0.1) is 0 Å². The number of carbonyl (C=O) groups is 16. The first-order valence-electron chi connectivity index (χ1n) is 38.4. The Morgan fingerprint density at radius 3 is 1.70 bits per heavy atom. The van der Waals surface area contributed by atoms with Crippen molar-refractivity contribution in [3.8, 4) is 0 Å². The summed E-state index contributed by atoms with van der Waals surface area (Å²) in [5.41, 5.74) is 7.99. The number of thioether (sulfide) groups is 1. The Balaban J connectivity index is 0.998. The number of nitrogens with two attached hydrogens (primary N) is 1. The Morgan fingerprint density at radius 2 is 1.09 bits per heavy atom. The van der Waals surface area contributed by atoms with E-state index in [9.17, 15) is 67.1 Å². The highest BCUT2D eigenvalue weighted by atomic mass is 32.2. The molecule has 4 aromatic rings. The molecule has 3 aliphatic rings. The first-order valence-corrected chi connectivity index (χ1v) is 39.8. The topological polar surface area (TPSA) is 538 Å². The fraction of sp³-hybridized carbons (Fsp3) is 0.566. The van der Waals surface area contributed by atoms with E-state index in [1.165, 1.54) is 39.7 Å². The molecule has 0 unspecified atom stereocenters. The highest BCUT2D eigenvalue weighted by Crippen LogP contribution is 2.28. The lowest BCUT2D eigenvalue weighted by Gasteiger charge is -2.34. The number of benzene rings is 2. The number of hydrogen-bond donors (Lipinski definition) is 17. The number of fused-ring (bicyclic) bond motifs is 1. The van der Waals surface area contributed by atoms with Gasteiger partial charge in [-0.2, -0.15) is 11.8 Å². The van der Waals surface area contributed by atoms with E-state index >= 15 is 9.59 Å². The number of hydrogen-bond acceptors (Lipinski definition) is 20. The number of carbonyl (C=O) groups excluding carboxylic acids is 15. The molecule has 3 aliphatic heterocycles. The van der Waals surface area contributed by atoms with Gasteiger partial charge in [0.2, 0.25) is 88.6 Å². The molecule has 2 aromatic carbocycles. The standard InChI is InChI=1S/C76H109N19O18S/c1-9-43(6)64(90-58(97)33-77)72(108)89-53(32-47-35-78-40-83-47)68(104)92-63(42(4)5)75(111)94-27-16-22-55(94)69(105)88-52(31-46-34-79-49-21-14-13-20-48(46)49)67(103)86-50(25-29-114-8)73(109)95-28-17-24-57(95)74(110)93-26-15-23-56(93)70(106)91-62(41(2)3)71(107)84-44(7)65(101)87-51(30-45-18-11-10-12-19-45)66(102)82-37-60(99)80-36-59(98)81-38-61(100)85-54(39-96)76(112)113/h10-14,18-21,34-35,40-44,50-57,62-64,79,96H,9,15-17,22-33,36-39,77H2,1-8H3,(H,78,83)(H,80,99)(H,81,98)(H,82,102)(H,84,107)(H,85,100)(H,86,103)(H,87,101)(H,88,105)(H,89,108)(H,90,97)(H,91,106)(H,92,104)(H,112,113)/t43-,44-,50-,51-,52-,53-,54-,55-,56-,57-,62-,63-,64-/m0/s1. The molecule has 0 spiro atoms. The minimum Gasteiger partial charge on any atom is -0.480 e. The van der Waals surface area contributed by atoms with Crippen LogP contribution in [0.25, 0.3) is 10.9 Å². The van der Waals surface area contributed by atoms with Crippen LogP contribution in [0, 0.1) is 17.8 Å². The molecule has 5 heterocycles. The monoisotopic (exact) mass is 1610 g/mol. The minimum atomic E-state index is -1.60. The summed E-state index contributed by atoms with van der Waals surface area (Å²) in [6.45, 7) is 8.81. The van der Waals surface area contributed by atoms with Crippen molar-refractivity contribution >= 4 is 117 Å². The van der Waals surface area contributed by atoms with Crippen LogP contribution < -0.4 is 69.5 Å². The van der Waals surface area contributed by atoms with Gasteiger partial charge in [-0.05, 0) is 98.8 Å². The summed E-state index contributed by atoms with van der Waals surface area (Å²) in [4.78, 5) is 235. The van der Waals surface area contributed by atoms with E-state index in [0.29, 0.717) is 48.3 Å². The maximum Gasteiger partial charge on any atom is 0.328 e. The van der Waals surface area contributed by atoms with Crippen LogP contribution in [0.5, 0.6) is 0 Å². The molecular formula is C76H109N19O18S. The third-order valence-electron chi connectivity index (χ3n) is 20.3. The number of carboxylic acids is 1. The van der Waals surface area contributed by atoms with Crippen LogP contribution in [-0.4, -0.2) is 271 Å². The van der Waals surface area contributed by atoms with Crippen LogP contribution in [-0.2, 0) is 96.0 Å². The van der Waals surface area contributed by atoms with Crippen molar-refractivity contribution in [3.05, 3.63) is 90.1 Å². The number of para-hydroxylation sites is 1. The summed E-state index contributed by atoms with van der Waals surface area (Å²) >= 11 is 1.41. The van der Waals surface area contributed by atoms with Crippen LogP contribution >= 0.6 is 11.8 Å². The Labute approximate surface area is 664 Å². The maximum absolute atomic E-state index is 15.2. The highest BCUT2D eigenvalue weighted by Gasteiger charge is 2.46. The van der Waals surface area contributed by atoms with Crippen LogP contribution in [0.1, 0.15) is 117 Å². The number of amides is 15. The molecule has 0 bridgehead atoms. The summed E-state index contributed by atoms with van der Waals surface area (Å²) in [6, 6.07) is 0.949. The predicted octanol–water partition coefficient (Wildman–Crippen LogP) is -3.23. The number of rotatable bonds is 42. The average Bonchev–Trinajstić information content (AvgIpc) is 1.62. The van der Waals surface area contributed by atoms with E-state index in [1.807, 2.05) is 42.8 Å². The Hall–Kier alpha value is -11.0. The number of H-pyrrole nitrogens is 2. The second-order valence-electron chi connectivity index (χ2n) is 29.4. The quantitative estimate of drug-likeness (QED) is 0.0207. The summed E-state index contributed by atoms with van der Waals surface area (Å²) in [5.74, 6) is -13.4. The summed E-state index contributed by atoms with van der Waals surface area (Å²) in [6.07, 6.45) is 8.58. The molecule has 3 fully saturated rings. The van der Waals surface area contributed by atoms with Crippen molar-refractivity contribution in [3.63, 3.8) is 0 Å². The Bertz CT molecular complexity index is 4050. The summed E-state index contributed by atoms with van der Waals surface area (Å²) in [7, 11) is 0. The van der Waals surface area contributed by atoms with E-state index in [0.717, 1.165) is 10.9 Å². The molecule has 0 radical (unpaired) electrons. The molecule has 7 rings (SSSR count). The van der Waals surface area contributed by atoms with Crippen LogP contribution in [0.3, 0.4) is 0 Å². The van der Waals surface area contributed by atoms with Gasteiger partial charge in [-0.1, -0.05) is 96.5 Å². The van der Waals surface area contributed by atoms with Gasteiger partial charge < -0.3 is 104 Å². The first-order chi connectivity index (χ1) is 54.4. The van der Waals surface area contributed by atoms with Gasteiger partial charge in [0.05, 0.1) is 44.8 Å². The van der Waals surface area contributed by atoms with Gasteiger partial charge in [0.25, 0.3) is 0 Å². The molecule has 18 N–H and O–H groups in total. The van der Waals surface area contributed by atoms with Crippen LogP contribution in [0.15, 0.2) is 73.3 Å². The van der Waals surface area contributed by atoms with Crippen LogP contribution in [0.2, 0.25) is 0 Å². The number of imidazole rings is 1. The molecular weight excluding hydrogens is 1500 g/mol. The van der Waals surface area contributed by atoms with Gasteiger partial charge >= 0.3 is 5.97 Å². The number of carboxylic acid groups (broad SMARTS) is 1. The van der Waals surface area contributed by atoms with E-state index in [1.54, 1.807) is 77.3 Å². The second kappa shape index (κ2) is 43.9. The number of nitrogens with zero attached hydrogens (tertiary/aromatic N) is 4. The zero-order chi connectivity index (χ0) is 83.5. The molecule has 3 saturated heterocycles. The zero-order valence-corrected chi connectivity index (χ0v) is 66.2. The van der Waals surface area contributed by atoms with Crippen molar-refractivity contribution in [2.75, 3.05) is 64.4 Å². The zero-order valence-electron chi connectivity index (χ0n) is 65.4. The molecule has 622 valence electrons. The van der Waals surface area contributed by atoms with Gasteiger partial charge in [0.1, 0.15) is 72.5 Å². The van der Waals surface area contributed by atoms with Crippen molar-refractivity contribution in [1.82, 2.24) is 93.5 Å². The van der Waals surface area contributed by atoms with E-state index in [4.69, 9.17) is 15.9 Å². The Kier molecular flexibility index (Phi) is 34.7. The third kappa shape index (κ3) is 25.5. The molecule has 13 atom stereocenters. The van der Waals surface area contributed by atoms with E-state index in [-0.39, 0.29) is 77.0 Å². The molecule has 0 aliphatic carbocycles. The largest absolute Gasteiger partial charge is 0.480 e. The number of aliphatic hydroxyl groups excluding tert-OH is 1. The number of nitrogens with one attached hydrogen (secondary N) is 14. The predicted molar refractivity (Wildman–Crippen MR) is 417 cm³/mol. The lowest BCUT2D eigenvalue weighted by atomic mass is 9.97. The Morgan fingerprint density at radius 1 is 0.535 bits per heavy atom. The first kappa shape index (κ1) is 90.2. The highest BCUT2D eigenvalue weighted by molar-refractivity contribution is 7.98. The lowest BCUT2D eigenvalue weighted by Crippen LogP contribution is -2.61. The van der Waals surface area contributed by atoms with Crippen molar-refractivity contribution in [2.24, 2.45) is 23.5 Å². The molecule has 114 heavy (non-hydrogen) atoms. The van der Waals surface area contributed by atoms with Gasteiger partial charge in [-0.3, -0.25) is 71.9 Å². The van der Waals surface area contributed by atoms with Crippen LogP contribution in [0.4, 0.5) is 0 Å². The molecule has 2 aromatic heterocycles. The molecule has 38 heteroatoms. The summed E-state index contributed by atoms with van der Waals surface area (Å²) in [5, 5.41) is 49.8. The SMILES string of the molecule is CC[C@H](C)[C@H](NC(=O)CN)C(=O)N[C@@H](Cc1c[nH]cn1)C(=O)N[C@H](C(=O)N1CCC[C@H]1C(=O)N[C@@H](Cc1c[nH]c2ccccc12)C(=O)N[C@@H](CCSC)C(=O)N1CCC[C@H]1C(=O)N1CCC[C@H]1C(=O)N[C@H](C(=O)N[C@@H](C)C(=O)N[C@@H](Cc1ccccc1)C(=O)NCC(=O)NCC(=O)NCC(=O)N[C@@H](CO)C(=O)O)C(C)C)C(C)C. The number of aromatic nitrogens is 3. The van der Waals surface area contributed by atoms with E-state index < -0.39 is 205 Å². The smallest absolute Gasteiger partial charge is 0.328 e. The second-order valence-corrected chi connectivity index (χ2v) is 30.3. The summed E-state index contributed by atoms with van der Waals surface area (Å²) < 4.78 is 0. The van der Waals surface area contributed by atoms with Crippen molar-refractivity contribution in [1.29, 1.82) is 0 Å². The third-order valence-corrected chi connectivity index (χ3v) is 21.0. The fourth-order valence-electron chi connectivity index (χ4n) is 13.7. The molecule has 37 nitrogen and oxygen atoms in total. The average molecular weight is 1610 g/mol.